The van der Waals surface area contributed by atoms with E-state index in [2.05, 4.69) is 6.92 Å². The standard InChI is InChI=1S/C45H73NO13/c1-25(2)36-24-55-44(50)46(36)42(49)35(17-16-32-21-34(52-10)20-26(3)56-32)41(48)29(6)40(47)28(5)39-23-38(58-45(7,8)59-39)27(4)37(53-11)22-33-18-19-54-43(57-33)30-12-14-31(51-9)15-13-30/h12-15,25-29,32-41,43,47-48H,16-24H2,1-11H3/t26-,27+,28-,29+,32-,33-,34+,35-,36+,37-,38-,39+,40-,41+,43-/m0/s1. The molecule has 4 saturated heterocycles. The molecule has 0 saturated carbocycles. The van der Waals surface area contributed by atoms with Gasteiger partial charge in [0.05, 0.1) is 80.6 Å². The van der Waals surface area contributed by atoms with Crippen LogP contribution in [0.2, 0.25) is 0 Å². The number of carbonyl (C=O) groups excluding carboxylic acids is 2. The Morgan fingerprint density at radius 1 is 0.915 bits per heavy atom. The van der Waals surface area contributed by atoms with Gasteiger partial charge in [-0.15, -0.1) is 0 Å². The molecular formula is C45H73NO13. The summed E-state index contributed by atoms with van der Waals surface area (Å²) >= 11 is 0. The molecule has 14 nitrogen and oxygen atoms in total. The van der Waals surface area contributed by atoms with E-state index in [0.29, 0.717) is 32.3 Å². The summed E-state index contributed by atoms with van der Waals surface area (Å²) in [4.78, 5) is 28.5. The van der Waals surface area contributed by atoms with Gasteiger partial charge in [-0.1, -0.05) is 46.8 Å². The van der Waals surface area contributed by atoms with Crippen LogP contribution in [0.5, 0.6) is 5.75 Å². The highest BCUT2D eigenvalue weighted by Gasteiger charge is 2.48. The van der Waals surface area contributed by atoms with Crippen molar-refractivity contribution in [3.8, 4) is 5.75 Å². The van der Waals surface area contributed by atoms with Crippen molar-refractivity contribution in [2.75, 3.05) is 34.5 Å². The maximum absolute atomic E-state index is 14.4. The summed E-state index contributed by atoms with van der Waals surface area (Å²) in [5.41, 5.74) is 0.920. The number of aliphatic hydroxyl groups is 2. The number of amides is 2. The van der Waals surface area contributed by atoms with E-state index in [-0.39, 0.29) is 61.5 Å². The van der Waals surface area contributed by atoms with Gasteiger partial charge in [-0.05, 0) is 70.9 Å². The first-order valence-corrected chi connectivity index (χ1v) is 21.8. The van der Waals surface area contributed by atoms with Gasteiger partial charge in [-0.2, -0.15) is 0 Å². The first-order valence-electron chi connectivity index (χ1n) is 21.8. The van der Waals surface area contributed by atoms with E-state index >= 15 is 0 Å². The van der Waals surface area contributed by atoms with Crippen molar-refractivity contribution in [1.29, 1.82) is 0 Å². The monoisotopic (exact) mass is 836 g/mol. The highest BCUT2D eigenvalue weighted by molar-refractivity contribution is 5.95. The first-order chi connectivity index (χ1) is 28.0. The Bertz CT molecular complexity index is 1480. The first kappa shape index (κ1) is 47.6. The second-order valence-corrected chi connectivity index (χ2v) is 18.2. The molecule has 1 aromatic carbocycles. The van der Waals surface area contributed by atoms with Crippen LogP contribution >= 0.6 is 0 Å². The lowest BCUT2D eigenvalue weighted by molar-refractivity contribution is -0.323. The topological polar surface area (TPSA) is 161 Å². The molecule has 0 aromatic heterocycles. The molecule has 59 heavy (non-hydrogen) atoms. The summed E-state index contributed by atoms with van der Waals surface area (Å²) in [6.07, 6.45) is -0.703. The molecule has 4 aliphatic rings. The SMILES string of the molecule is COc1ccc([C@H]2OCC[C@@H](C[C@H](OC)[C@@H](C)[C@@H]3C[C@H]([C@H](C)[C@H](O)[C@@H](C)[C@@H](O)[C@H](CC[C@H]4C[C@H](OC)C[C@H](C)O4)C(=O)N4C(=O)OC[C@@H]4C(C)C)OC(C)(C)O3)O2)cc1. The molecule has 2 N–H and O–H groups in total. The fraction of sp³-hybridized carbons (Fsp3) is 0.822. The van der Waals surface area contributed by atoms with Crippen LogP contribution in [0, 0.1) is 29.6 Å². The number of rotatable bonds is 18. The lowest BCUT2D eigenvalue weighted by Gasteiger charge is -2.47. The minimum Gasteiger partial charge on any atom is -0.497 e. The second-order valence-electron chi connectivity index (χ2n) is 18.2. The van der Waals surface area contributed by atoms with Crippen LogP contribution < -0.4 is 4.74 Å². The third-order valence-electron chi connectivity index (χ3n) is 13.2. The third kappa shape index (κ3) is 12.0. The number of ether oxygens (including phenoxy) is 9. The molecular weight excluding hydrogens is 762 g/mol. The molecule has 1 aromatic rings. The van der Waals surface area contributed by atoms with Crippen molar-refractivity contribution in [1.82, 2.24) is 4.90 Å². The lowest BCUT2D eigenvalue weighted by Crippen LogP contribution is -2.54. The molecule has 0 bridgehead atoms. The molecule has 0 unspecified atom stereocenters. The van der Waals surface area contributed by atoms with Crippen LogP contribution in [0.25, 0.3) is 0 Å². The number of hydrogen-bond acceptors (Lipinski definition) is 13. The summed E-state index contributed by atoms with van der Waals surface area (Å²) in [7, 11) is 5.03. The van der Waals surface area contributed by atoms with Crippen LogP contribution in [-0.2, 0) is 42.7 Å². The molecule has 4 heterocycles. The zero-order chi connectivity index (χ0) is 43.2. The van der Waals surface area contributed by atoms with Crippen molar-refractivity contribution >= 4 is 12.0 Å². The fourth-order valence-corrected chi connectivity index (χ4v) is 9.46. The molecule has 4 fully saturated rings. The predicted molar refractivity (Wildman–Crippen MR) is 218 cm³/mol. The summed E-state index contributed by atoms with van der Waals surface area (Å²) in [5, 5.41) is 24.1. The zero-order valence-corrected chi connectivity index (χ0v) is 37.2. The minimum absolute atomic E-state index is 0.0136. The zero-order valence-electron chi connectivity index (χ0n) is 37.2. The van der Waals surface area contributed by atoms with Gasteiger partial charge in [0.2, 0.25) is 5.91 Å². The number of methoxy groups -OCH3 is 3. The van der Waals surface area contributed by atoms with Crippen molar-refractivity contribution < 1.29 is 62.4 Å². The minimum atomic E-state index is -1.28. The molecule has 14 heteroatoms. The van der Waals surface area contributed by atoms with Crippen molar-refractivity contribution in [2.24, 2.45) is 29.6 Å². The van der Waals surface area contributed by atoms with Gasteiger partial charge in [0.15, 0.2) is 12.1 Å². The van der Waals surface area contributed by atoms with Gasteiger partial charge >= 0.3 is 6.09 Å². The average molecular weight is 836 g/mol. The molecule has 2 amide bonds. The van der Waals surface area contributed by atoms with Crippen LogP contribution in [0.3, 0.4) is 0 Å². The second kappa shape index (κ2) is 21.1. The van der Waals surface area contributed by atoms with Crippen molar-refractivity contribution in [2.45, 2.75) is 173 Å². The smallest absolute Gasteiger partial charge is 0.416 e. The number of hydrogen-bond donors (Lipinski definition) is 2. The normalized spacial score (nSPS) is 32.4. The van der Waals surface area contributed by atoms with Gasteiger partial charge in [0.25, 0.3) is 0 Å². The maximum atomic E-state index is 14.4. The maximum Gasteiger partial charge on any atom is 0.416 e. The van der Waals surface area contributed by atoms with E-state index in [1.54, 1.807) is 28.3 Å². The van der Waals surface area contributed by atoms with E-state index in [0.717, 1.165) is 24.2 Å². The van der Waals surface area contributed by atoms with Crippen LogP contribution in [0.1, 0.15) is 112 Å². The Morgan fingerprint density at radius 2 is 1.59 bits per heavy atom. The Labute approximate surface area is 351 Å². The van der Waals surface area contributed by atoms with Gasteiger partial charge in [-0.3, -0.25) is 4.79 Å². The number of cyclic esters (lactones) is 1. The van der Waals surface area contributed by atoms with E-state index in [9.17, 15) is 19.8 Å². The molecule has 0 aliphatic carbocycles. The van der Waals surface area contributed by atoms with Crippen LogP contribution in [0.15, 0.2) is 24.3 Å². The largest absolute Gasteiger partial charge is 0.497 e. The third-order valence-corrected chi connectivity index (χ3v) is 13.2. The van der Waals surface area contributed by atoms with Crippen molar-refractivity contribution in [3.05, 3.63) is 29.8 Å². The van der Waals surface area contributed by atoms with E-state index in [1.807, 2.05) is 65.8 Å². The summed E-state index contributed by atoms with van der Waals surface area (Å²) in [5.74, 6) is -3.01. The molecule has 15 atom stereocenters. The molecule has 5 rings (SSSR count). The fourth-order valence-electron chi connectivity index (χ4n) is 9.46. The summed E-state index contributed by atoms with van der Waals surface area (Å²) in [6, 6.07) is 7.23. The van der Waals surface area contributed by atoms with E-state index in [1.165, 1.54) is 4.90 Å². The molecule has 336 valence electrons. The van der Waals surface area contributed by atoms with Crippen LogP contribution in [-0.4, -0.2) is 128 Å². The van der Waals surface area contributed by atoms with Crippen molar-refractivity contribution in [3.63, 3.8) is 0 Å². The highest BCUT2D eigenvalue weighted by Crippen LogP contribution is 2.40. The van der Waals surface area contributed by atoms with Gasteiger partial charge < -0.3 is 52.8 Å². The molecule has 4 aliphatic heterocycles. The van der Waals surface area contributed by atoms with Gasteiger partial charge in [0.1, 0.15) is 12.4 Å². The van der Waals surface area contributed by atoms with E-state index < -0.39 is 66.2 Å². The number of aliphatic hydroxyl groups excluding tert-OH is 2. The lowest BCUT2D eigenvalue weighted by atomic mass is 9.77. The number of imide groups is 1. The summed E-state index contributed by atoms with van der Waals surface area (Å²) in [6.45, 7) is 16.1. The highest BCUT2D eigenvalue weighted by atomic mass is 16.7. The van der Waals surface area contributed by atoms with Gasteiger partial charge in [0, 0.05) is 50.4 Å². The Hall–Kier alpha value is -2.40. The molecule has 0 radical (unpaired) electrons. The number of nitrogens with zero attached hydrogens (tertiary/aromatic N) is 1. The number of benzene rings is 1. The number of carbonyl (C=O) groups is 2. The van der Waals surface area contributed by atoms with Crippen LogP contribution in [0.4, 0.5) is 4.79 Å². The van der Waals surface area contributed by atoms with Gasteiger partial charge in [-0.25, -0.2) is 9.69 Å². The van der Waals surface area contributed by atoms with E-state index in [4.69, 9.17) is 42.6 Å². The Morgan fingerprint density at radius 3 is 2.22 bits per heavy atom. The molecule has 0 spiro atoms. The summed E-state index contributed by atoms with van der Waals surface area (Å²) < 4.78 is 54.1. The Kier molecular flexibility index (Phi) is 17.1. The Balaban J connectivity index is 1.27. The predicted octanol–water partition coefficient (Wildman–Crippen LogP) is 6.43. The quantitative estimate of drug-likeness (QED) is 0.167. The average Bonchev–Trinajstić information content (AvgIpc) is 3.62.